The van der Waals surface area contributed by atoms with Crippen molar-refractivity contribution in [1.29, 1.82) is 0 Å². The van der Waals surface area contributed by atoms with Crippen molar-refractivity contribution in [3.05, 3.63) is 45.6 Å². The molecule has 0 fully saturated rings. The molecular weight excluding hydrogens is 336 g/mol. The van der Waals surface area contributed by atoms with Crippen molar-refractivity contribution < 1.29 is 14.3 Å². The Labute approximate surface area is 152 Å². The Balaban J connectivity index is 2.04. The predicted octanol–water partition coefficient (Wildman–Crippen LogP) is 3.73. The maximum Gasteiger partial charge on any atom is 0.264 e. The van der Waals surface area contributed by atoms with Crippen LogP contribution in [-0.4, -0.2) is 36.9 Å². The molecule has 0 spiro atoms. The molecule has 0 atom stereocenters. The van der Waals surface area contributed by atoms with Crippen LogP contribution in [0.5, 0.6) is 5.75 Å². The molecule has 134 valence electrons. The minimum atomic E-state index is -0.229. The molecule has 2 rings (SSSR count). The Morgan fingerprint density at radius 2 is 2.00 bits per heavy atom. The number of methoxy groups -OCH3 is 1. The van der Waals surface area contributed by atoms with Gasteiger partial charge in [0, 0.05) is 23.2 Å². The number of nitrogens with zero attached hydrogens (tertiary/aromatic N) is 1. The lowest BCUT2D eigenvalue weighted by atomic mass is 10.2. The third kappa shape index (κ3) is 4.82. The van der Waals surface area contributed by atoms with E-state index in [4.69, 9.17) is 4.74 Å². The van der Waals surface area contributed by atoms with Crippen LogP contribution in [-0.2, 0) is 11.2 Å². The number of rotatable bonds is 7. The fraction of sp³-hybridized carbons (Fsp3) is 0.368. The van der Waals surface area contributed by atoms with Gasteiger partial charge in [-0.3, -0.25) is 9.59 Å². The van der Waals surface area contributed by atoms with Crippen LogP contribution >= 0.6 is 11.3 Å². The summed E-state index contributed by atoms with van der Waals surface area (Å²) in [5, 5.41) is 2.81. The molecule has 1 N–H and O–H groups in total. The van der Waals surface area contributed by atoms with Crippen molar-refractivity contribution in [2.45, 2.75) is 27.2 Å². The SMILES string of the molecule is CCc1sc(C(=O)N(CC)CC(=O)Nc2cccc(OC)c2)cc1C. The quantitative estimate of drug-likeness (QED) is 0.818. The topological polar surface area (TPSA) is 58.6 Å². The lowest BCUT2D eigenvalue weighted by molar-refractivity contribution is -0.116. The van der Waals surface area contributed by atoms with Gasteiger partial charge in [0.15, 0.2) is 0 Å². The van der Waals surface area contributed by atoms with Crippen LogP contribution in [0.15, 0.2) is 30.3 Å². The summed E-state index contributed by atoms with van der Waals surface area (Å²) in [6.45, 7) is 6.45. The Bertz CT molecular complexity index is 755. The molecule has 0 aliphatic heterocycles. The van der Waals surface area contributed by atoms with Gasteiger partial charge in [0.25, 0.3) is 5.91 Å². The highest BCUT2D eigenvalue weighted by atomic mass is 32.1. The number of nitrogens with one attached hydrogen (secondary N) is 1. The lowest BCUT2D eigenvalue weighted by Gasteiger charge is -2.19. The second-order valence-corrected chi connectivity index (χ2v) is 6.81. The molecule has 2 aromatic rings. The summed E-state index contributed by atoms with van der Waals surface area (Å²) >= 11 is 1.51. The summed E-state index contributed by atoms with van der Waals surface area (Å²) in [6.07, 6.45) is 0.909. The van der Waals surface area contributed by atoms with Gasteiger partial charge >= 0.3 is 0 Å². The van der Waals surface area contributed by atoms with Gasteiger partial charge in [-0.05, 0) is 44.0 Å². The van der Waals surface area contributed by atoms with Crippen molar-refractivity contribution in [2.24, 2.45) is 0 Å². The van der Waals surface area contributed by atoms with Crippen LogP contribution in [0.25, 0.3) is 0 Å². The van der Waals surface area contributed by atoms with Gasteiger partial charge in [-0.1, -0.05) is 13.0 Å². The van der Waals surface area contributed by atoms with E-state index in [0.717, 1.165) is 12.0 Å². The smallest absolute Gasteiger partial charge is 0.264 e. The van der Waals surface area contributed by atoms with Gasteiger partial charge in [-0.25, -0.2) is 0 Å². The number of carbonyl (C=O) groups excluding carboxylic acids is 2. The second-order valence-electron chi connectivity index (χ2n) is 5.67. The summed E-state index contributed by atoms with van der Waals surface area (Å²) in [6, 6.07) is 9.05. The first-order valence-electron chi connectivity index (χ1n) is 8.30. The van der Waals surface area contributed by atoms with E-state index in [1.165, 1.54) is 16.2 Å². The molecule has 6 heteroatoms. The molecule has 0 saturated heterocycles. The predicted molar refractivity (Wildman–Crippen MR) is 102 cm³/mol. The maximum atomic E-state index is 12.7. The monoisotopic (exact) mass is 360 g/mol. The van der Waals surface area contributed by atoms with Gasteiger partial charge in [-0.2, -0.15) is 0 Å². The molecule has 0 bridgehead atoms. The molecule has 25 heavy (non-hydrogen) atoms. The minimum Gasteiger partial charge on any atom is -0.497 e. The summed E-state index contributed by atoms with van der Waals surface area (Å²) in [7, 11) is 1.58. The molecular formula is C19H24N2O3S. The summed E-state index contributed by atoms with van der Waals surface area (Å²) in [4.78, 5) is 28.4. The number of hydrogen-bond acceptors (Lipinski definition) is 4. The number of aryl methyl sites for hydroxylation is 2. The number of amides is 2. The van der Waals surface area contributed by atoms with Crippen LogP contribution < -0.4 is 10.1 Å². The molecule has 0 aliphatic carbocycles. The molecule has 0 aliphatic rings. The molecule has 0 radical (unpaired) electrons. The number of likely N-dealkylation sites (N-methyl/N-ethyl adjacent to an activating group) is 1. The minimum absolute atomic E-state index is 0.0188. The Hall–Kier alpha value is -2.34. The standard InChI is InChI=1S/C19H24N2O3S/c1-5-16-13(3)10-17(25-16)19(23)21(6-2)12-18(22)20-14-8-7-9-15(11-14)24-4/h7-11H,5-6,12H2,1-4H3,(H,20,22). The van der Waals surface area contributed by atoms with E-state index in [9.17, 15) is 9.59 Å². The Morgan fingerprint density at radius 3 is 2.60 bits per heavy atom. The molecule has 1 aromatic heterocycles. The number of hydrogen-bond donors (Lipinski definition) is 1. The highest BCUT2D eigenvalue weighted by Gasteiger charge is 2.20. The Morgan fingerprint density at radius 1 is 1.24 bits per heavy atom. The van der Waals surface area contributed by atoms with E-state index in [1.807, 2.05) is 26.0 Å². The van der Waals surface area contributed by atoms with E-state index >= 15 is 0 Å². The first kappa shape index (κ1) is 19.0. The van der Waals surface area contributed by atoms with Crippen molar-refractivity contribution in [2.75, 3.05) is 25.5 Å². The zero-order valence-electron chi connectivity index (χ0n) is 15.1. The summed E-state index contributed by atoms with van der Waals surface area (Å²) < 4.78 is 5.14. The van der Waals surface area contributed by atoms with Crippen LogP contribution in [0, 0.1) is 6.92 Å². The average Bonchev–Trinajstić information content (AvgIpc) is 3.00. The fourth-order valence-corrected chi connectivity index (χ4v) is 3.62. The van der Waals surface area contributed by atoms with E-state index in [2.05, 4.69) is 12.2 Å². The molecule has 0 saturated carbocycles. The number of ether oxygens (including phenoxy) is 1. The van der Waals surface area contributed by atoms with E-state index in [1.54, 1.807) is 30.2 Å². The van der Waals surface area contributed by atoms with Gasteiger partial charge < -0.3 is 15.0 Å². The molecule has 1 heterocycles. The largest absolute Gasteiger partial charge is 0.497 e. The molecule has 1 aromatic carbocycles. The van der Waals surface area contributed by atoms with Crippen LogP contribution in [0.3, 0.4) is 0 Å². The third-order valence-electron chi connectivity index (χ3n) is 3.91. The van der Waals surface area contributed by atoms with Crippen LogP contribution in [0.2, 0.25) is 0 Å². The molecule has 5 nitrogen and oxygen atoms in total. The molecule has 2 amide bonds. The highest BCUT2D eigenvalue weighted by molar-refractivity contribution is 7.14. The van der Waals surface area contributed by atoms with E-state index in [0.29, 0.717) is 22.9 Å². The van der Waals surface area contributed by atoms with Gasteiger partial charge in [-0.15, -0.1) is 11.3 Å². The van der Waals surface area contributed by atoms with Crippen molar-refractivity contribution in [3.8, 4) is 5.75 Å². The van der Waals surface area contributed by atoms with Gasteiger partial charge in [0.1, 0.15) is 12.3 Å². The summed E-state index contributed by atoms with van der Waals surface area (Å²) in [5.74, 6) is 0.339. The maximum absolute atomic E-state index is 12.7. The lowest BCUT2D eigenvalue weighted by Crippen LogP contribution is -2.37. The normalized spacial score (nSPS) is 10.4. The third-order valence-corrected chi connectivity index (χ3v) is 5.28. The average molecular weight is 360 g/mol. The number of benzene rings is 1. The first-order valence-corrected chi connectivity index (χ1v) is 9.12. The van der Waals surface area contributed by atoms with Crippen molar-refractivity contribution in [3.63, 3.8) is 0 Å². The molecule has 0 unspecified atom stereocenters. The fourth-order valence-electron chi connectivity index (χ4n) is 2.53. The number of thiophene rings is 1. The number of carbonyl (C=O) groups is 2. The zero-order valence-corrected chi connectivity index (χ0v) is 15.9. The van der Waals surface area contributed by atoms with Gasteiger partial charge in [0.05, 0.1) is 12.0 Å². The highest BCUT2D eigenvalue weighted by Crippen LogP contribution is 2.24. The number of anilines is 1. The van der Waals surface area contributed by atoms with Crippen LogP contribution in [0.1, 0.15) is 34.0 Å². The zero-order chi connectivity index (χ0) is 18.4. The van der Waals surface area contributed by atoms with Crippen LogP contribution in [0.4, 0.5) is 5.69 Å². The summed E-state index contributed by atoms with van der Waals surface area (Å²) in [5.41, 5.74) is 1.78. The van der Waals surface area contributed by atoms with E-state index < -0.39 is 0 Å². The van der Waals surface area contributed by atoms with Crippen molar-refractivity contribution >= 4 is 28.8 Å². The van der Waals surface area contributed by atoms with E-state index in [-0.39, 0.29) is 18.4 Å². The van der Waals surface area contributed by atoms with Crippen molar-refractivity contribution in [1.82, 2.24) is 4.90 Å². The van der Waals surface area contributed by atoms with Gasteiger partial charge in [0.2, 0.25) is 5.91 Å². The first-order chi connectivity index (χ1) is 12.0. The second kappa shape index (κ2) is 8.67. The Kier molecular flexibility index (Phi) is 6.58.